The van der Waals surface area contributed by atoms with E-state index in [0.717, 1.165) is 30.5 Å². The molecule has 2 N–H and O–H groups in total. The number of Topliss-reactive ketones (excluding diaryl/α,β-unsaturated/α-hetero) is 1. The molecule has 1 amide bonds. The molecule has 1 heterocycles. The third-order valence-corrected chi connectivity index (χ3v) is 4.74. The highest BCUT2D eigenvalue weighted by atomic mass is 16.4. The number of aromatic nitrogens is 2. The highest BCUT2D eigenvalue weighted by Gasteiger charge is 2.35. The molecule has 1 aromatic carbocycles. The molecule has 0 bridgehead atoms. The average molecular weight is 386 g/mol. The molecule has 0 aliphatic rings. The Labute approximate surface area is 167 Å². The van der Waals surface area contributed by atoms with Gasteiger partial charge in [-0.25, -0.2) is 9.78 Å². The van der Waals surface area contributed by atoms with Crippen molar-refractivity contribution in [1.29, 1.82) is 0 Å². The maximum absolute atomic E-state index is 12.1. The van der Waals surface area contributed by atoms with Gasteiger partial charge in [0, 0.05) is 12.0 Å². The predicted octanol–water partition coefficient (Wildman–Crippen LogP) is 5.44. The number of ketones is 1. The van der Waals surface area contributed by atoms with Crippen molar-refractivity contribution in [2.75, 3.05) is 0 Å². The van der Waals surface area contributed by atoms with Crippen LogP contribution < -0.4 is 0 Å². The fourth-order valence-corrected chi connectivity index (χ4v) is 3.43. The van der Waals surface area contributed by atoms with Crippen LogP contribution in [0.5, 0.6) is 0 Å². The molecule has 152 valence electrons. The number of aromatic amines is 1. The molecule has 0 saturated heterocycles. The van der Waals surface area contributed by atoms with E-state index in [9.17, 15) is 14.7 Å². The molecule has 0 fully saturated rings. The Morgan fingerprint density at radius 3 is 2.39 bits per heavy atom. The molecule has 6 heteroatoms. The maximum atomic E-state index is 12.1. The molecule has 2 rings (SSSR count). The number of carbonyl (C=O) groups excluding carboxylic acids is 1. The van der Waals surface area contributed by atoms with Gasteiger partial charge in [-0.2, -0.15) is 0 Å². The van der Waals surface area contributed by atoms with Crippen LogP contribution in [0.25, 0.3) is 11.3 Å². The number of carboxylic acid groups (broad SMARTS) is 1. The van der Waals surface area contributed by atoms with Gasteiger partial charge < -0.3 is 14.9 Å². The Bertz CT molecular complexity index is 778. The second-order valence-corrected chi connectivity index (χ2v) is 8.19. The number of H-pyrrole nitrogens is 1. The van der Waals surface area contributed by atoms with Gasteiger partial charge in [0.05, 0.1) is 17.9 Å². The van der Waals surface area contributed by atoms with Crippen molar-refractivity contribution in [1.82, 2.24) is 14.9 Å². The van der Waals surface area contributed by atoms with Crippen molar-refractivity contribution >= 4 is 11.9 Å². The topological polar surface area (TPSA) is 86.3 Å². The summed E-state index contributed by atoms with van der Waals surface area (Å²) in [7, 11) is 0. The predicted molar refractivity (Wildman–Crippen MR) is 110 cm³/mol. The van der Waals surface area contributed by atoms with Gasteiger partial charge >= 0.3 is 6.09 Å². The number of imidazole rings is 1. The molecular formula is C22H31N3O3. The second-order valence-electron chi connectivity index (χ2n) is 8.19. The van der Waals surface area contributed by atoms with Crippen LogP contribution in [0, 0.1) is 0 Å². The zero-order valence-electron chi connectivity index (χ0n) is 17.2. The van der Waals surface area contributed by atoms with E-state index in [-0.39, 0.29) is 11.8 Å². The third kappa shape index (κ3) is 5.94. The third-order valence-electron chi connectivity index (χ3n) is 4.74. The number of hydrogen-bond donors (Lipinski definition) is 2. The van der Waals surface area contributed by atoms with E-state index < -0.39 is 11.6 Å². The van der Waals surface area contributed by atoms with E-state index in [1.807, 2.05) is 51.1 Å². The Kier molecular flexibility index (Phi) is 7.38. The molecule has 0 aliphatic heterocycles. The van der Waals surface area contributed by atoms with Crippen LogP contribution in [0.3, 0.4) is 0 Å². The number of unbranched alkanes of at least 4 members (excludes halogenated alkanes) is 2. The molecule has 0 aliphatic carbocycles. The Balaban J connectivity index is 2.23. The smallest absolute Gasteiger partial charge is 0.408 e. The highest BCUT2D eigenvalue weighted by Crippen LogP contribution is 2.32. The van der Waals surface area contributed by atoms with E-state index >= 15 is 0 Å². The summed E-state index contributed by atoms with van der Waals surface area (Å²) in [6, 6.07) is 9.49. The summed E-state index contributed by atoms with van der Waals surface area (Å²) < 4.78 is 0. The summed E-state index contributed by atoms with van der Waals surface area (Å²) in [6.45, 7) is 7.28. The average Bonchev–Trinajstić information content (AvgIpc) is 3.09. The normalized spacial score (nSPS) is 12.6. The number of benzene rings is 1. The number of hydrogen-bond acceptors (Lipinski definition) is 3. The van der Waals surface area contributed by atoms with Gasteiger partial charge in [0.25, 0.3) is 0 Å². The summed E-state index contributed by atoms with van der Waals surface area (Å²) >= 11 is 0. The fourth-order valence-electron chi connectivity index (χ4n) is 3.43. The lowest BCUT2D eigenvalue weighted by atomic mass is 9.98. The summed E-state index contributed by atoms with van der Waals surface area (Å²) in [5.41, 5.74) is 1.32. The molecule has 28 heavy (non-hydrogen) atoms. The first-order valence-electron chi connectivity index (χ1n) is 9.82. The van der Waals surface area contributed by atoms with Crippen molar-refractivity contribution in [3.8, 4) is 11.3 Å². The molecule has 0 radical (unpaired) electrons. The van der Waals surface area contributed by atoms with E-state index in [1.165, 1.54) is 4.90 Å². The lowest BCUT2D eigenvalue weighted by Crippen LogP contribution is -2.47. The second kappa shape index (κ2) is 9.53. The number of carbonyl (C=O) groups is 2. The van der Waals surface area contributed by atoms with Gasteiger partial charge in [0.1, 0.15) is 11.6 Å². The fraction of sp³-hybridized carbons (Fsp3) is 0.500. The molecule has 2 aromatic rings. The summed E-state index contributed by atoms with van der Waals surface area (Å²) in [6.07, 6.45) is 4.58. The first-order valence-corrected chi connectivity index (χ1v) is 9.82. The highest BCUT2D eigenvalue weighted by molar-refractivity contribution is 5.75. The van der Waals surface area contributed by atoms with Gasteiger partial charge in [0.2, 0.25) is 0 Å². The van der Waals surface area contributed by atoms with Crippen LogP contribution >= 0.6 is 0 Å². The first-order chi connectivity index (χ1) is 13.2. The molecular weight excluding hydrogens is 354 g/mol. The van der Waals surface area contributed by atoms with Crippen LogP contribution in [-0.4, -0.2) is 37.4 Å². The van der Waals surface area contributed by atoms with Crippen molar-refractivity contribution in [2.24, 2.45) is 0 Å². The quantitative estimate of drug-likeness (QED) is 0.563. The molecule has 1 atom stereocenters. The van der Waals surface area contributed by atoms with E-state index in [1.54, 1.807) is 13.1 Å². The lowest BCUT2D eigenvalue weighted by molar-refractivity contribution is -0.117. The van der Waals surface area contributed by atoms with Gasteiger partial charge in [-0.1, -0.05) is 43.2 Å². The van der Waals surface area contributed by atoms with Crippen molar-refractivity contribution in [2.45, 2.75) is 71.4 Å². The van der Waals surface area contributed by atoms with Crippen molar-refractivity contribution in [3.63, 3.8) is 0 Å². The van der Waals surface area contributed by atoms with Crippen LogP contribution in [0.15, 0.2) is 36.5 Å². The van der Waals surface area contributed by atoms with Crippen LogP contribution in [-0.2, 0) is 4.79 Å². The van der Waals surface area contributed by atoms with Gasteiger partial charge in [-0.3, -0.25) is 4.90 Å². The number of nitrogens with zero attached hydrogens (tertiary/aromatic N) is 2. The molecule has 6 nitrogen and oxygen atoms in total. The zero-order valence-corrected chi connectivity index (χ0v) is 17.2. The monoisotopic (exact) mass is 385 g/mol. The van der Waals surface area contributed by atoms with E-state index in [2.05, 4.69) is 9.97 Å². The maximum Gasteiger partial charge on any atom is 0.408 e. The van der Waals surface area contributed by atoms with Crippen LogP contribution in [0.1, 0.15) is 71.7 Å². The molecule has 0 spiro atoms. The minimum Gasteiger partial charge on any atom is -0.465 e. The van der Waals surface area contributed by atoms with E-state index in [0.29, 0.717) is 18.7 Å². The largest absolute Gasteiger partial charge is 0.465 e. The summed E-state index contributed by atoms with van der Waals surface area (Å²) in [5.74, 6) is 0.847. The Hall–Kier alpha value is -2.63. The minimum absolute atomic E-state index is 0.192. The standard InChI is InChI=1S/C22H31N3O3/c1-16(26)11-7-5-10-14-19(25(21(27)28)22(2,3)4)20-23-15-18(24-20)17-12-8-6-9-13-17/h6,8-9,12-13,15,19H,5,7,10-11,14H2,1-4H3,(H,23,24)(H,27,28)/t19-/m0/s1. The summed E-state index contributed by atoms with van der Waals surface area (Å²) in [5, 5.41) is 9.88. The Morgan fingerprint density at radius 2 is 1.82 bits per heavy atom. The van der Waals surface area contributed by atoms with Crippen LogP contribution in [0.2, 0.25) is 0 Å². The Morgan fingerprint density at radius 1 is 1.14 bits per heavy atom. The lowest BCUT2D eigenvalue weighted by Gasteiger charge is -2.39. The van der Waals surface area contributed by atoms with E-state index in [4.69, 9.17) is 0 Å². The molecule has 1 aromatic heterocycles. The molecule has 0 saturated carbocycles. The van der Waals surface area contributed by atoms with Gasteiger partial charge in [-0.05, 0) is 46.1 Å². The first kappa shape index (κ1) is 21.7. The molecule has 0 unspecified atom stereocenters. The summed E-state index contributed by atoms with van der Waals surface area (Å²) in [4.78, 5) is 32.5. The zero-order chi connectivity index (χ0) is 20.7. The van der Waals surface area contributed by atoms with Gasteiger partial charge in [-0.15, -0.1) is 0 Å². The van der Waals surface area contributed by atoms with Crippen molar-refractivity contribution < 1.29 is 14.7 Å². The van der Waals surface area contributed by atoms with Crippen molar-refractivity contribution in [3.05, 3.63) is 42.4 Å². The van der Waals surface area contributed by atoms with Gasteiger partial charge in [0.15, 0.2) is 0 Å². The SMILES string of the molecule is CC(=O)CCCCC[C@@H](c1ncc(-c2ccccc2)[nH]1)N(C(=O)O)C(C)(C)C. The minimum atomic E-state index is -0.959. The number of amides is 1. The number of rotatable bonds is 9. The number of nitrogens with one attached hydrogen (secondary N) is 1. The van der Waals surface area contributed by atoms with Crippen LogP contribution in [0.4, 0.5) is 4.79 Å².